The van der Waals surface area contributed by atoms with E-state index < -0.39 is 11.5 Å². The molecule has 0 unspecified atom stereocenters. The van der Waals surface area contributed by atoms with E-state index in [1.165, 1.54) is 12.1 Å². The lowest BCUT2D eigenvalue weighted by Crippen LogP contribution is -2.28. The van der Waals surface area contributed by atoms with E-state index in [1.807, 2.05) is 0 Å². The third kappa shape index (κ3) is 2.96. The van der Waals surface area contributed by atoms with Crippen LogP contribution in [0.4, 0.5) is 0 Å². The number of nitrogens with one attached hydrogen (secondary N) is 1. The molecule has 0 radical (unpaired) electrons. The minimum absolute atomic E-state index is 0.0284. The number of halogens is 2. The zero-order valence-corrected chi connectivity index (χ0v) is 12.9. The molecule has 1 amide bonds. The molecule has 2 aromatic rings. The molecular formula is C13H9Br2NO3. The van der Waals surface area contributed by atoms with Crippen molar-refractivity contribution in [2.75, 3.05) is 6.54 Å². The first-order valence-corrected chi connectivity index (χ1v) is 6.93. The monoisotopic (exact) mass is 385 g/mol. The fraction of sp³-hybridized carbons (Fsp3) is 0.0769. The van der Waals surface area contributed by atoms with Crippen LogP contribution in [0.2, 0.25) is 0 Å². The Kier molecular flexibility index (Phi) is 4.21. The van der Waals surface area contributed by atoms with Crippen molar-refractivity contribution >= 4 is 48.7 Å². The second kappa shape index (κ2) is 5.71. The van der Waals surface area contributed by atoms with E-state index in [9.17, 15) is 9.59 Å². The van der Waals surface area contributed by atoms with Gasteiger partial charge in [-0.3, -0.25) is 4.79 Å². The van der Waals surface area contributed by atoms with E-state index in [1.54, 1.807) is 12.1 Å². The first kappa shape index (κ1) is 14.0. The summed E-state index contributed by atoms with van der Waals surface area (Å²) in [4.78, 5) is 23.6. The first-order chi connectivity index (χ1) is 9.02. The summed E-state index contributed by atoms with van der Waals surface area (Å²) < 4.78 is 6.63. The molecule has 1 N–H and O–H groups in total. The molecule has 1 heterocycles. The Labute approximate surface area is 125 Å². The summed E-state index contributed by atoms with van der Waals surface area (Å²) in [5.74, 6) is -0.480. The molecule has 1 aromatic heterocycles. The maximum atomic E-state index is 11.8. The van der Waals surface area contributed by atoms with Crippen molar-refractivity contribution in [3.8, 4) is 0 Å². The van der Waals surface area contributed by atoms with Crippen molar-refractivity contribution in [3.05, 3.63) is 55.8 Å². The van der Waals surface area contributed by atoms with Crippen LogP contribution in [0.15, 0.2) is 49.0 Å². The van der Waals surface area contributed by atoms with Gasteiger partial charge in [-0.25, -0.2) is 4.79 Å². The number of fused-ring (bicyclic) bond motifs is 1. The van der Waals surface area contributed by atoms with Gasteiger partial charge in [0.15, 0.2) is 5.58 Å². The highest BCUT2D eigenvalue weighted by molar-refractivity contribution is 9.11. The minimum Gasteiger partial charge on any atom is -0.421 e. The van der Waals surface area contributed by atoms with Gasteiger partial charge < -0.3 is 9.73 Å². The van der Waals surface area contributed by atoms with Crippen LogP contribution in [0.1, 0.15) is 10.4 Å². The summed E-state index contributed by atoms with van der Waals surface area (Å²) in [6.07, 6.45) is 1.54. The Hall–Kier alpha value is -1.40. The molecule has 0 saturated heterocycles. The summed E-state index contributed by atoms with van der Waals surface area (Å²) in [5.41, 5.74) is -0.287. The Morgan fingerprint density at radius 2 is 2.11 bits per heavy atom. The first-order valence-electron chi connectivity index (χ1n) is 5.35. The zero-order valence-electron chi connectivity index (χ0n) is 9.70. The Balaban J connectivity index is 2.58. The predicted molar refractivity (Wildman–Crippen MR) is 80.4 cm³/mol. The third-order valence-corrected chi connectivity index (χ3v) is 3.45. The molecule has 0 fully saturated rings. The van der Waals surface area contributed by atoms with Crippen molar-refractivity contribution in [2.24, 2.45) is 0 Å². The van der Waals surface area contributed by atoms with Gasteiger partial charge in [-0.15, -0.1) is 6.58 Å². The van der Waals surface area contributed by atoms with Crippen molar-refractivity contribution in [1.82, 2.24) is 5.32 Å². The van der Waals surface area contributed by atoms with E-state index in [0.29, 0.717) is 22.0 Å². The second-order valence-electron chi connectivity index (χ2n) is 3.75. The fourth-order valence-electron chi connectivity index (χ4n) is 1.58. The molecule has 2 rings (SSSR count). The fourth-order valence-corrected chi connectivity index (χ4v) is 2.91. The van der Waals surface area contributed by atoms with Crippen LogP contribution < -0.4 is 10.9 Å². The number of carbonyl (C=O) groups is 1. The molecule has 0 aliphatic heterocycles. The Morgan fingerprint density at radius 3 is 2.79 bits per heavy atom. The zero-order chi connectivity index (χ0) is 14.0. The summed E-state index contributed by atoms with van der Waals surface area (Å²) >= 11 is 6.65. The van der Waals surface area contributed by atoms with Gasteiger partial charge in [-0.2, -0.15) is 0 Å². The summed E-state index contributed by atoms with van der Waals surface area (Å²) in [6.45, 7) is 3.78. The topological polar surface area (TPSA) is 59.3 Å². The number of hydrogen-bond acceptors (Lipinski definition) is 3. The molecule has 0 aliphatic carbocycles. The number of rotatable bonds is 3. The molecule has 98 valence electrons. The van der Waals surface area contributed by atoms with Crippen molar-refractivity contribution in [1.29, 1.82) is 0 Å². The summed E-state index contributed by atoms with van der Waals surface area (Å²) in [7, 11) is 0. The molecule has 1 aromatic carbocycles. The minimum atomic E-state index is -0.669. The largest absolute Gasteiger partial charge is 0.421 e. The van der Waals surface area contributed by atoms with Gasteiger partial charge in [0.1, 0.15) is 5.56 Å². The highest BCUT2D eigenvalue weighted by Gasteiger charge is 2.14. The smallest absolute Gasteiger partial charge is 0.349 e. The third-order valence-electron chi connectivity index (χ3n) is 2.40. The average Bonchev–Trinajstić information content (AvgIpc) is 2.36. The van der Waals surface area contributed by atoms with Crippen molar-refractivity contribution in [3.63, 3.8) is 0 Å². The van der Waals surface area contributed by atoms with E-state index in [-0.39, 0.29) is 5.56 Å². The van der Waals surface area contributed by atoms with Gasteiger partial charge in [-0.1, -0.05) is 22.0 Å². The van der Waals surface area contributed by atoms with Gasteiger partial charge in [-0.05, 0) is 34.1 Å². The molecule has 0 atom stereocenters. The van der Waals surface area contributed by atoms with Gasteiger partial charge in [0.25, 0.3) is 5.91 Å². The van der Waals surface area contributed by atoms with Gasteiger partial charge in [0.2, 0.25) is 0 Å². The number of hydrogen-bond donors (Lipinski definition) is 1. The molecule has 6 heteroatoms. The van der Waals surface area contributed by atoms with Crippen molar-refractivity contribution in [2.45, 2.75) is 0 Å². The van der Waals surface area contributed by atoms with E-state index in [2.05, 4.69) is 43.8 Å². The van der Waals surface area contributed by atoms with Crippen LogP contribution in [0.5, 0.6) is 0 Å². The summed E-state index contributed by atoms with van der Waals surface area (Å²) in [5, 5.41) is 3.20. The van der Waals surface area contributed by atoms with Crippen LogP contribution in [-0.2, 0) is 0 Å². The van der Waals surface area contributed by atoms with Crippen LogP contribution in [0, 0.1) is 0 Å². The van der Waals surface area contributed by atoms with Gasteiger partial charge >= 0.3 is 5.63 Å². The van der Waals surface area contributed by atoms with Crippen LogP contribution in [0.25, 0.3) is 11.0 Å². The predicted octanol–water partition coefficient (Wildman–Crippen LogP) is 3.23. The van der Waals surface area contributed by atoms with E-state index in [0.717, 1.165) is 4.47 Å². The van der Waals surface area contributed by atoms with Crippen LogP contribution >= 0.6 is 31.9 Å². The highest BCUT2D eigenvalue weighted by atomic mass is 79.9. The number of benzene rings is 1. The molecule has 4 nitrogen and oxygen atoms in total. The molecule has 0 aliphatic rings. The van der Waals surface area contributed by atoms with E-state index in [4.69, 9.17) is 4.42 Å². The molecule has 0 saturated carbocycles. The van der Waals surface area contributed by atoms with Gasteiger partial charge in [0.05, 0.1) is 4.47 Å². The van der Waals surface area contributed by atoms with Crippen LogP contribution in [0.3, 0.4) is 0 Å². The summed E-state index contributed by atoms with van der Waals surface area (Å²) in [6, 6.07) is 5.05. The average molecular weight is 387 g/mol. The highest BCUT2D eigenvalue weighted by Crippen LogP contribution is 2.27. The molecule has 0 spiro atoms. The second-order valence-corrected chi connectivity index (χ2v) is 5.52. The molecular weight excluding hydrogens is 378 g/mol. The van der Waals surface area contributed by atoms with E-state index >= 15 is 0 Å². The lowest BCUT2D eigenvalue weighted by molar-refractivity contribution is 0.0954. The lowest BCUT2D eigenvalue weighted by atomic mass is 10.2. The van der Waals surface area contributed by atoms with Gasteiger partial charge in [0, 0.05) is 16.4 Å². The molecule has 0 bridgehead atoms. The number of carbonyl (C=O) groups excluding carboxylic acids is 1. The SMILES string of the molecule is C=CCNC(=O)c1cc2cc(Br)cc(Br)c2oc1=O. The number of amides is 1. The standard InChI is InChI=1S/C13H9Br2NO3/c1-2-3-16-12(17)9-5-7-4-8(14)6-10(15)11(7)19-13(9)18/h2,4-6H,1,3H2,(H,16,17). The maximum absolute atomic E-state index is 11.8. The maximum Gasteiger partial charge on any atom is 0.349 e. The Bertz CT molecular complexity index is 722. The quantitative estimate of drug-likeness (QED) is 0.650. The normalized spacial score (nSPS) is 10.4. The Morgan fingerprint density at radius 1 is 1.37 bits per heavy atom. The molecule has 19 heavy (non-hydrogen) atoms. The lowest BCUT2D eigenvalue weighted by Gasteiger charge is -2.04. The van der Waals surface area contributed by atoms with Crippen LogP contribution in [-0.4, -0.2) is 12.5 Å². The van der Waals surface area contributed by atoms with Crippen molar-refractivity contribution < 1.29 is 9.21 Å².